The highest BCUT2D eigenvalue weighted by atomic mass is 19.1. The average Bonchev–Trinajstić information content (AvgIpc) is 3.16. The van der Waals surface area contributed by atoms with E-state index in [1.807, 2.05) is 0 Å². The average molecular weight is 336 g/mol. The second-order valence-electron chi connectivity index (χ2n) is 5.84. The first kappa shape index (κ1) is 16.5. The molecule has 2 N–H and O–H groups in total. The molecule has 6 nitrogen and oxygen atoms in total. The molecule has 1 aromatic carbocycles. The lowest BCUT2D eigenvalue weighted by molar-refractivity contribution is -0.120. The number of aryl methyl sites for hydroxylation is 1. The predicted octanol–water partition coefficient (Wildman–Crippen LogP) is 1.83. The molecule has 0 unspecified atom stereocenters. The minimum atomic E-state index is -0.719. The molecule has 1 saturated heterocycles. The van der Waals surface area contributed by atoms with Crippen LogP contribution < -0.4 is 5.32 Å². The maximum absolute atomic E-state index is 13.6. The molecule has 2 atom stereocenters. The summed E-state index contributed by atoms with van der Waals surface area (Å²) in [6.07, 6.45) is 0.380. The van der Waals surface area contributed by atoms with Crippen LogP contribution in [0.2, 0.25) is 0 Å². The van der Waals surface area contributed by atoms with E-state index in [0.29, 0.717) is 24.8 Å². The fraction of sp³-hybridized carbons (Fsp3) is 0.438. The Bertz CT molecular complexity index is 735. The summed E-state index contributed by atoms with van der Waals surface area (Å²) in [5.41, 5.74) is 0.165. The number of amides is 1. The molecule has 3 rings (SSSR count). The molecule has 2 heterocycles. The van der Waals surface area contributed by atoms with Crippen molar-refractivity contribution < 1.29 is 18.3 Å². The SMILES string of the molecule is Cc1nc([C@H]2OCC[C@H]2CNC(=O)Cc2ccc(F)cc2F)n[nH]1. The van der Waals surface area contributed by atoms with Gasteiger partial charge in [-0.15, -0.1) is 0 Å². The molecule has 1 amide bonds. The van der Waals surface area contributed by atoms with Gasteiger partial charge < -0.3 is 10.1 Å². The number of ether oxygens (including phenoxy) is 1. The molecule has 0 radical (unpaired) electrons. The summed E-state index contributed by atoms with van der Waals surface area (Å²) in [7, 11) is 0. The summed E-state index contributed by atoms with van der Waals surface area (Å²) in [5.74, 6) is -0.365. The van der Waals surface area contributed by atoms with E-state index in [4.69, 9.17) is 4.74 Å². The first-order valence-electron chi connectivity index (χ1n) is 7.74. The Morgan fingerprint density at radius 3 is 3.00 bits per heavy atom. The van der Waals surface area contributed by atoms with E-state index < -0.39 is 11.6 Å². The molecule has 128 valence electrons. The Kier molecular flexibility index (Phi) is 4.84. The third-order valence-electron chi connectivity index (χ3n) is 4.01. The van der Waals surface area contributed by atoms with Crippen molar-refractivity contribution in [3.63, 3.8) is 0 Å². The van der Waals surface area contributed by atoms with E-state index >= 15 is 0 Å². The van der Waals surface area contributed by atoms with Crippen LogP contribution in [0.5, 0.6) is 0 Å². The zero-order chi connectivity index (χ0) is 17.1. The monoisotopic (exact) mass is 336 g/mol. The third-order valence-corrected chi connectivity index (χ3v) is 4.01. The van der Waals surface area contributed by atoms with Gasteiger partial charge in [0.2, 0.25) is 5.91 Å². The standard InChI is InChI=1S/C16H18F2N4O2/c1-9-20-16(22-21-9)15-11(4-5-24-15)8-19-14(23)6-10-2-3-12(17)7-13(10)18/h2-3,7,11,15H,4-6,8H2,1H3,(H,19,23)(H,20,21,22)/t11-,15-/m0/s1. The van der Waals surface area contributed by atoms with E-state index in [1.165, 1.54) is 6.07 Å². The van der Waals surface area contributed by atoms with E-state index in [9.17, 15) is 13.6 Å². The molecule has 1 aliphatic heterocycles. The van der Waals surface area contributed by atoms with Crippen LogP contribution in [-0.2, 0) is 16.0 Å². The van der Waals surface area contributed by atoms with Gasteiger partial charge in [0, 0.05) is 25.1 Å². The maximum atomic E-state index is 13.6. The van der Waals surface area contributed by atoms with Crippen molar-refractivity contribution in [2.75, 3.05) is 13.2 Å². The second-order valence-corrected chi connectivity index (χ2v) is 5.84. The van der Waals surface area contributed by atoms with Gasteiger partial charge in [-0.3, -0.25) is 9.89 Å². The minimum absolute atomic E-state index is 0.0576. The van der Waals surface area contributed by atoms with Crippen LogP contribution in [0.1, 0.15) is 29.7 Å². The minimum Gasteiger partial charge on any atom is -0.370 e. The smallest absolute Gasteiger partial charge is 0.224 e. The quantitative estimate of drug-likeness (QED) is 0.873. The van der Waals surface area contributed by atoms with Gasteiger partial charge in [-0.1, -0.05) is 6.07 Å². The summed E-state index contributed by atoms with van der Waals surface area (Å²) < 4.78 is 32.1. The maximum Gasteiger partial charge on any atom is 0.224 e. The lowest BCUT2D eigenvalue weighted by Gasteiger charge is -2.16. The Balaban J connectivity index is 1.55. The van der Waals surface area contributed by atoms with Gasteiger partial charge in [0.1, 0.15) is 23.6 Å². The highest BCUT2D eigenvalue weighted by Gasteiger charge is 2.32. The Labute approximate surface area is 137 Å². The first-order chi connectivity index (χ1) is 11.5. The van der Waals surface area contributed by atoms with Crippen molar-refractivity contribution in [3.05, 3.63) is 47.0 Å². The van der Waals surface area contributed by atoms with Gasteiger partial charge in [0.25, 0.3) is 0 Å². The molecule has 24 heavy (non-hydrogen) atoms. The molecule has 2 aromatic rings. The van der Waals surface area contributed by atoms with Gasteiger partial charge in [-0.05, 0) is 25.0 Å². The van der Waals surface area contributed by atoms with Crippen molar-refractivity contribution in [3.8, 4) is 0 Å². The van der Waals surface area contributed by atoms with E-state index in [-0.39, 0.29) is 29.9 Å². The first-order valence-corrected chi connectivity index (χ1v) is 7.74. The number of carbonyl (C=O) groups is 1. The molecule has 8 heteroatoms. The van der Waals surface area contributed by atoms with Crippen molar-refractivity contribution in [2.24, 2.45) is 5.92 Å². The number of aromatic nitrogens is 3. The molecule has 0 aliphatic carbocycles. The van der Waals surface area contributed by atoms with Crippen LogP contribution >= 0.6 is 0 Å². The fourth-order valence-electron chi connectivity index (χ4n) is 2.76. The van der Waals surface area contributed by atoms with E-state index in [2.05, 4.69) is 20.5 Å². The van der Waals surface area contributed by atoms with Crippen LogP contribution in [-0.4, -0.2) is 34.2 Å². The molecular formula is C16H18F2N4O2. The number of halogens is 2. The molecule has 0 spiro atoms. The molecule has 1 aromatic heterocycles. The normalized spacial score (nSPS) is 20.3. The molecule has 0 saturated carbocycles. The van der Waals surface area contributed by atoms with Crippen molar-refractivity contribution in [1.29, 1.82) is 0 Å². The number of H-pyrrole nitrogens is 1. The van der Waals surface area contributed by atoms with Gasteiger partial charge >= 0.3 is 0 Å². The highest BCUT2D eigenvalue weighted by Crippen LogP contribution is 2.32. The number of hydrogen-bond donors (Lipinski definition) is 2. The summed E-state index contributed by atoms with van der Waals surface area (Å²) in [6, 6.07) is 3.19. The Hall–Kier alpha value is -2.35. The molecule has 0 bridgehead atoms. The Morgan fingerprint density at radius 1 is 1.46 bits per heavy atom. The van der Waals surface area contributed by atoms with Gasteiger partial charge in [0.05, 0.1) is 6.42 Å². The largest absolute Gasteiger partial charge is 0.370 e. The van der Waals surface area contributed by atoms with Crippen LogP contribution in [0.15, 0.2) is 18.2 Å². The number of benzene rings is 1. The van der Waals surface area contributed by atoms with E-state index in [1.54, 1.807) is 6.92 Å². The molecule has 1 aliphatic rings. The van der Waals surface area contributed by atoms with Crippen LogP contribution in [0.3, 0.4) is 0 Å². The third kappa shape index (κ3) is 3.76. The summed E-state index contributed by atoms with van der Waals surface area (Å²) >= 11 is 0. The molecule has 1 fully saturated rings. The summed E-state index contributed by atoms with van der Waals surface area (Å²) in [4.78, 5) is 16.3. The second kappa shape index (κ2) is 7.04. The summed E-state index contributed by atoms with van der Waals surface area (Å²) in [5, 5.41) is 9.65. The number of nitrogens with zero attached hydrogens (tertiary/aromatic N) is 2. The number of rotatable bonds is 5. The van der Waals surface area contributed by atoms with Crippen molar-refractivity contribution in [1.82, 2.24) is 20.5 Å². The molecular weight excluding hydrogens is 318 g/mol. The van der Waals surface area contributed by atoms with Crippen molar-refractivity contribution in [2.45, 2.75) is 25.9 Å². The van der Waals surface area contributed by atoms with Crippen LogP contribution in [0.25, 0.3) is 0 Å². The van der Waals surface area contributed by atoms with Crippen LogP contribution in [0.4, 0.5) is 8.78 Å². The zero-order valence-electron chi connectivity index (χ0n) is 13.2. The Morgan fingerprint density at radius 2 is 2.29 bits per heavy atom. The topological polar surface area (TPSA) is 79.9 Å². The number of aromatic amines is 1. The lowest BCUT2D eigenvalue weighted by Crippen LogP contribution is -2.32. The highest BCUT2D eigenvalue weighted by molar-refractivity contribution is 5.78. The number of hydrogen-bond acceptors (Lipinski definition) is 4. The van der Waals surface area contributed by atoms with Crippen LogP contribution in [0, 0.1) is 24.5 Å². The fourth-order valence-corrected chi connectivity index (χ4v) is 2.76. The predicted molar refractivity (Wildman–Crippen MR) is 81.0 cm³/mol. The van der Waals surface area contributed by atoms with Gasteiger partial charge in [-0.2, -0.15) is 5.10 Å². The van der Waals surface area contributed by atoms with Gasteiger partial charge in [0.15, 0.2) is 5.82 Å². The lowest BCUT2D eigenvalue weighted by atomic mass is 10.0. The summed E-state index contributed by atoms with van der Waals surface area (Å²) in [6.45, 7) is 2.77. The number of nitrogens with one attached hydrogen (secondary N) is 2. The zero-order valence-corrected chi connectivity index (χ0v) is 13.2. The number of carbonyl (C=O) groups excluding carboxylic acids is 1. The van der Waals surface area contributed by atoms with E-state index in [0.717, 1.165) is 18.6 Å². The van der Waals surface area contributed by atoms with Gasteiger partial charge in [-0.25, -0.2) is 13.8 Å². The van der Waals surface area contributed by atoms with Crippen molar-refractivity contribution >= 4 is 5.91 Å².